The van der Waals surface area contributed by atoms with Crippen molar-refractivity contribution in [3.8, 4) is 0 Å². The van der Waals surface area contributed by atoms with Crippen LogP contribution in [0.5, 0.6) is 0 Å². The summed E-state index contributed by atoms with van der Waals surface area (Å²) >= 11 is 6.22. The van der Waals surface area contributed by atoms with E-state index in [1.165, 1.54) is 12.0 Å². The molecule has 0 unspecified atom stereocenters. The van der Waals surface area contributed by atoms with Gasteiger partial charge in [-0.05, 0) is 31.0 Å². The van der Waals surface area contributed by atoms with Crippen molar-refractivity contribution in [2.75, 3.05) is 32.1 Å². The minimum Gasteiger partial charge on any atom is -0.469 e. The number of benzene rings is 1. The van der Waals surface area contributed by atoms with Gasteiger partial charge in [0.1, 0.15) is 0 Å². The molecular weight excluding hydrogens is 316 g/mol. The molecule has 1 heterocycles. The average Bonchev–Trinajstić information content (AvgIpc) is 2.51. The van der Waals surface area contributed by atoms with Crippen LogP contribution >= 0.6 is 11.6 Å². The zero-order chi connectivity index (χ0) is 17.0. The number of amides is 1. The van der Waals surface area contributed by atoms with Gasteiger partial charge in [0.2, 0.25) is 0 Å². The predicted octanol–water partition coefficient (Wildman–Crippen LogP) is 1.36. The summed E-state index contributed by atoms with van der Waals surface area (Å²) < 4.78 is 4.78. The zero-order valence-electron chi connectivity index (χ0n) is 13.9. The van der Waals surface area contributed by atoms with E-state index in [-0.39, 0.29) is 17.8 Å². The minimum absolute atomic E-state index is 0.0272. The van der Waals surface area contributed by atoms with Crippen LogP contribution in [0, 0.1) is 19.8 Å². The maximum absolute atomic E-state index is 12.3. The summed E-state index contributed by atoms with van der Waals surface area (Å²) in [5.41, 5.74) is 2.72. The van der Waals surface area contributed by atoms with Crippen LogP contribution in [0.2, 0.25) is 5.02 Å². The highest BCUT2D eigenvalue weighted by atomic mass is 35.5. The van der Waals surface area contributed by atoms with E-state index in [9.17, 15) is 9.59 Å². The van der Waals surface area contributed by atoms with E-state index >= 15 is 0 Å². The van der Waals surface area contributed by atoms with Gasteiger partial charge in [0.25, 0.3) is 5.91 Å². The van der Waals surface area contributed by atoms with Gasteiger partial charge in [-0.15, -0.1) is 0 Å². The molecule has 1 aliphatic heterocycles. The molecule has 0 spiro atoms. The van der Waals surface area contributed by atoms with Crippen molar-refractivity contribution in [1.82, 2.24) is 0 Å². The first-order valence-corrected chi connectivity index (χ1v) is 8.26. The van der Waals surface area contributed by atoms with E-state index in [1.807, 2.05) is 26.0 Å². The zero-order valence-corrected chi connectivity index (χ0v) is 14.6. The van der Waals surface area contributed by atoms with Gasteiger partial charge in [-0.25, -0.2) is 0 Å². The lowest BCUT2D eigenvalue weighted by molar-refractivity contribution is -0.897. The SMILES string of the molecule is COC(=O)C1CC[NH+](CC(=O)Nc2c(C)cc(C)cc2Cl)CC1. The van der Waals surface area contributed by atoms with E-state index < -0.39 is 0 Å². The molecule has 2 rings (SSSR count). The Kier molecular flexibility index (Phi) is 6.02. The Morgan fingerprint density at radius 3 is 2.52 bits per heavy atom. The Bertz CT molecular complexity index is 572. The molecule has 2 N–H and O–H groups in total. The van der Waals surface area contributed by atoms with Crippen molar-refractivity contribution in [1.29, 1.82) is 0 Å². The number of hydrogen-bond acceptors (Lipinski definition) is 3. The molecule has 23 heavy (non-hydrogen) atoms. The first-order chi connectivity index (χ1) is 10.9. The Morgan fingerprint density at radius 1 is 1.30 bits per heavy atom. The molecule has 1 aliphatic rings. The molecule has 1 aromatic carbocycles. The number of likely N-dealkylation sites (tertiary alicyclic amines) is 1. The molecule has 126 valence electrons. The largest absolute Gasteiger partial charge is 0.469 e. The highest BCUT2D eigenvalue weighted by Crippen LogP contribution is 2.27. The Morgan fingerprint density at radius 2 is 1.96 bits per heavy atom. The monoisotopic (exact) mass is 339 g/mol. The van der Waals surface area contributed by atoms with Crippen LogP contribution in [0.15, 0.2) is 12.1 Å². The van der Waals surface area contributed by atoms with E-state index in [0.717, 1.165) is 37.1 Å². The number of anilines is 1. The number of piperidine rings is 1. The smallest absolute Gasteiger partial charge is 0.309 e. The van der Waals surface area contributed by atoms with Crippen molar-refractivity contribution in [3.05, 3.63) is 28.3 Å². The molecular formula is C17H24ClN2O3+. The molecule has 1 aromatic rings. The molecule has 0 aromatic heterocycles. The summed E-state index contributed by atoms with van der Waals surface area (Å²) in [6.45, 7) is 5.89. The Hall–Kier alpha value is -1.59. The fourth-order valence-electron chi connectivity index (χ4n) is 3.09. The molecule has 1 fully saturated rings. The number of esters is 1. The quantitative estimate of drug-likeness (QED) is 0.814. The van der Waals surface area contributed by atoms with E-state index in [0.29, 0.717) is 17.3 Å². The molecule has 6 heteroatoms. The van der Waals surface area contributed by atoms with Gasteiger partial charge in [0.05, 0.1) is 36.8 Å². The average molecular weight is 340 g/mol. The third-order valence-corrected chi connectivity index (χ3v) is 4.63. The van der Waals surface area contributed by atoms with Gasteiger partial charge in [-0.1, -0.05) is 17.7 Å². The molecule has 0 radical (unpaired) electrons. The summed E-state index contributed by atoms with van der Waals surface area (Å²) in [6, 6.07) is 3.84. The number of ether oxygens (including phenoxy) is 1. The number of quaternary nitrogens is 1. The van der Waals surface area contributed by atoms with Crippen LogP contribution in [0.1, 0.15) is 24.0 Å². The highest BCUT2D eigenvalue weighted by molar-refractivity contribution is 6.34. The molecule has 0 bridgehead atoms. The van der Waals surface area contributed by atoms with Crippen molar-refractivity contribution in [3.63, 3.8) is 0 Å². The van der Waals surface area contributed by atoms with Crippen LogP contribution in [0.4, 0.5) is 5.69 Å². The third-order valence-electron chi connectivity index (χ3n) is 4.33. The van der Waals surface area contributed by atoms with Gasteiger partial charge in [-0.3, -0.25) is 9.59 Å². The van der Waals surface area contributed by atoms with Gasteiger partial charge in [-0.2, -0.15) is 0 Å². The summed E-state index contributed by atoms with van der Waals surface area (Å²) in [7, 11) is 1.42. The topological polar surface area (TPSA) is 59.8 Å². The maximum Gasteiger partial charge on any atom is 0.309 e. The Balaban J connectivity index is 1.88. The standard InChI is InChI=1S/C17H23ClN2O3/c1-11-8-12(2)16(14(18)9-11)19-15(21)10-20-6-4-13(5-7-20)17(22)23-3/h8-9,13H,4-7,10H2,1-3H3,(H,19,21)/p+1. The number of hydrogen-bond donors (Lipinski definition) is 2. The summed E-state index contributed by atoms with van der Waals surface area (Å²) in [4.78, 5) is 25.0. The fourth-order valence-corrected chi connectivity index (χ4v) is 3.46. The van der Waals surface area contributed by atoms with Gasteiger partial charge < -0.3 is 15.0 Å². The van der Waals surface area contributed by atoms with Crippen molar-refractivity contribution < 1.29 is 19.2 Å². The third kappa shape index (κ3) is 4.69. The van der Waals surface area contributed by atoms with Crippen molar-refractivity contribution >= 4 is 29.2 Å². The summed E-state index contributed by atoms with van der Waals surface area (Å²) in [5, 5.41) is 3.48. The number of rotatable bonds is 4. The van der Waals surface area contributed by atoms with Crippen LogP contribution in [0.25, 0.3) is 0 Å². The lowest BCUT2D eigenvalue weighted by Gasteiger charge is -2.27. The highest BCUT2D eigenvalue weighted by Gasteiger charge is 2.29. The number of carbonyl (C=O) groups is 2. The molecule has 0 saturated carbocycles. The second-order valence-electron chi connectivity index (χ2n) is 6.21. The number of aryl methyl sites for hydroxylation is 2. The van der Waals surface area contributed by atoms with Crippen molar-refractivity contribution in [2.45, 2.75) is 26.7 Å². The number of methoxy groups -OCH3 is 1. The summed E-state index contributed by atoms with van der Waals surface area (Å²) in [5.74, 6) is -0.221. The van der Waals surface area contributed by atoms with Gasteiger partial charge in [0.15, 0.2) is 6.54 Å². The second-order valence-corrected chi connectivity index (χ2v) is 6.62. The predicted molar refractivity (Wildman–Crippen MR) is 89.9 cm³/mol. The van der Waals surface area contributed by atoms with E-state index in [1.54, 1.807) is 0 Å². The molecule has 0 atom stereocenters. The summed E-state index contributed by atoms with van der Waals surface area (Å²) in [6.07, 6.45) is 1.53. The lowest BCUT2D eigenvalue weighted by Crippen LogP contribution is -3.14. The normalized spacial score (nSPS) is 20.9. The second kappa shape index (κ2) is 7.79. The van der Waals surface area contributed by atoms with Crippen molar-refractivity contribution in [2.24, 2.45) is 5.92 Å². The minimum atomic E-state index is -0.143. The first-order valence-electron chi connectivity index (χ1n) is 7.88. The number of halogens is 1. The molecule has 1 amide bonds. The molecule has 5 nitrogen and oxygen atoms in total. The molecule has 1 saturated heterocycles. The molecule has 0 aliphatic carbocycles. The van der Waals surface area contributed by atoms with Gasteiger partial charge in [0, 0.05) is 12.8 Å². The fraction of sp³-hybridized carbons (Fsp3) is 0.529. The van der Waals surface area contributed by atoms with Crippen LogP contribution in [-0.4, -0.2) is 38.6 Å². The van der Waals surface area contributed by atoms with Crippen LogP contribution < -0.4 is 10.2 Å². The van der Waals surface area contributed by atoms with E-state index in [4.69, 9.17) is 16.3 Å². The van der Waals surface area contributed by atoms with Crippen LogP contribution in [0.3, 0.4) is 0 Å². The number of carbonyl (C=O) groups excluding carboxylic acids is 2. The lowest BCUT2D eigenvalue weighted by atomic mass is 9.97. The first kappa shape index (κ1) is 17.8. The van der Waals surface area contributed by atoms with E-state index in [2.05, 4.69) is 5.32 Å². The van der Waals surface area contributed by atoms with Gasteiger partial charge >= 0.3 is 5.97 Å². The number of nitrogens with one attached hydrogen (secondary N) is 2. The maximum atomic E-state index is 12.3. The Labute approximate surface area is 141 Å². The van der Waals surface area contributed by atoms with Crippen LogP contribution in [-0.2, 0) is 14.3 Å².